The van der Waals surface area contributed by atoms with Crippen LogP contribution in [0.5, 0.6) is 0 Å². The summed E-state index contributed by atoms with van der Waals surface area (Å²) in [5.41, 5.74) is 0.826. The Hall–Kier alpha value is -0.320. The second kappa shape index (κ2) is 6.57. The Labute approximate surface area is 113 Å². The van der Waals surface area contributed by atoms with Gasteiger partial charge in [-0.2, -0.15) is 0 Å². The van der Waals surface area contributed by atoms with E-state index in [0.717, 1.165) is 6.54 Å². The summed E-state index contributed by atoms with van der Waals surface area (Å²) in [4.78, 5) is 0. The summed E-state index contributed by atoms with van der Waals surface area (Å²) in [7, 11) is 0. The van der Waals surface area contributed by atoms with E-state index in [2.05, 4.69) is 17.4 Å². The lowest BCUT2D eigenvalue weighted by Crippen LogP contribution is -3.02. The van der Waals surface area contributed by atoms with Crippen molar-refractivity contribution < 1.29 is 27.6 Å². The van der Waals surface area contributed by atoms with Crippen LogP contribution in [0.1, 0.15) is 11.7 Å². The van der Waals surface area contributed by atoms with Gasteiger partial charge in [0.2, 0.25) is 0 Å². The van der Waals surface area contributed by atoms with Crippen LogP contribution in [0.15, 0.2) is 30.3 Å². The maximum Gasteiger partial charge on any atom is 0.157 e. The van der Waals surface area contributed by atoms with Crippen molar-refractivity contribution in [1.29, 1.82) is 0 Å². The molecule has 3 nitrogen and oxygen atoms in total. The first-order valence-electron chi connectivity index (χ1n) is 5.47. The van der Waals surface area contributed by atoms with Crippen molar-refractivity contribution >= 4 is 11.6 Å². The van der Waals surface area contributed by atoms with Gasteiger partial charge in [0.05, 0.1) is 5.88 Å². The highest BCUT2D eigenvalue weighted by Gasteiger charge is 2.39. The van der Waals surface area contributed by atoms with Crippen LogP contribution in [0.3, 0.4) is 0 Å². The van der Waals surface area contributed by atoms with E-state index in [-0.39, 0.29) is 30.7 Å². The highest BCUT2D eigenvalue weighted by Crippen LogP contribution is 2.20. The van der Waals surface area contributed by atoms with Crippen molar-refractivity contribution in [2.45, 2.75) is 11.6 Å². The summed E-state index contributed by atoms with van der Waals surface area (Å²) in [5, 5.41) is 11.4. The number of halogens is 2. The minimum atomic E-state index is -0.354. The Morgan fingerprint density at radius 2 is 2.12 bits per heavy atom. The number of morpholine rings is 1. The number of aliphatic hydroxyl groups is 1. The Balaban J connectivity index is 0.00000144. The number of nitrogens with two attached hydrogens (primary N) is 1. The smallest absolute Gasteiger partial charge is 0.157 e. The highest BCUT2D eigenvalue weighted by atomic mass is 35.5. The van der Waals surface area contributed by atoms with E-state index in [0.29, 0.717) is 12.5 Å². The number of benzene rings is 1. The molecular formula is C12H17Cl2NO2. The third-order valence-electron chi connectivity index (χ3n) is 3.09. The molecule has 1 aromatic carbocycles. The molecule has 96 valence electrons. The number of rotatable bonds is 3. The van der Waals surface area contributed by atoms with E-state index >= 15 is 0 Å². The van der Waals surface area contributed by atoms with E-state index < -0.39 is 0 Å². The van der Waals surface area contributed by atoms with Gasteiger partial charge in [-0.1, -0.05) is 30.3 Å². The van der Waals surface area contributed by atoms with Crippen LogP contribution >= 0.6 is 11.6 Å². The molecule has 3 N–H and O–H groups in total. The summed E-state index contributed by atoms with van der Waals surface area (Å²) in [6.45, 7) is 1.35. The molecule has 5 heteroatoms. The lowest BCUT2D eigenvalue weighted by molar-refractivity contribution is -0.747. The van der Waals surface area contributed by atoms with Gasteiger partial charge in [0.1, 0.15) is 25.9 Å². The van der Waals surface area contributed by atoms with Gasteiger partial charge in [0.25, 0.3) is 0 Å². The van der Waals surface area contributed by atoms with Crippen LogP contribution in [0.2, 0.25) is 0 Å². The molecule has 1 heterocycles. The predicted octanol–water partition coefficient (Wildman–Crippen LogP) is -2.70. The number of aliphatic hydroxyl groups excluding tert-OH is 1. The summed E-state index contributed by atoms with van der Waals surface area (Å²) in [6.07, 6.45) is 0.101. The second-order valence-electron chi connectivity index (χ2n) is 4.30. The molecule has 1 fully saturated rings. The van der Waals surface area contributed by atoms with Crippen LogP contribution in [0.25, 0.3) is 0 Å². The average molecular weight is 278 g/mol. The third-order valence-corrected chi connectivity index (χ3v) is 3.62. The molecule has 0 spiro atoms. The normalized spacial score (nSPS) is 28.5. The molecule has 0 radical (unpaired) electrons. The number of quaternary nitrogens is 1. The van der Waals surface area contributed by atoms with Gasteiger partial charge in [-0.15, -0.1) is 11.6 Å². The summed E-state index contributed by atoms with van der Waals surface area (Å²) in [5.74, 6) is 0.408. The van der Waals surface area contributed by atoms with Crippen molar-refractivity contribution in [3.8, 4) is 0 Å². The van der Waals surface area contributed by atoms with Crippen LogP contribution < -0.4 is 17.7 Å². The van der Waals surface area contributed by atoms with Crippen LogP contribution in [-0.2, 0) is 4.74 Å². The zero-order valence-electron chi connectivity index (χ0n) is 9.48. The molecule has 0 bridgehead atoms. The number of alkyl halides is 1. The molecule has 2 atom stereocenters. The number of ether oxygens (including phenoxy) is 1. The van der Waals surface area contributed by atoms with E-state index in [1.165, 1.54) is 5.56 Å². The van der Waals surface area contributed by atoms with Gasteiger partial charge in [0.15, 0.2) is 5.54 Å². The third kappa shape index (κ3) is 3.33. The Bertz CT molecular complexity index is 321. The quantitative estimate of drug-likeness (QED) is 0.591. The largest absolute Gasteiger partial charge is 1.00 e. The molecule has 2 rings (SSSR count). The Morgan fingerprint density at radius 1 is 1.41 bits per heavy atom. The molecule has 0 aliphatic carbocycles. The van der Waals surface area contributed by atoms with Gasteiger partial charge >= 0.3 is 0 Å². The van der Waals surface area contributed by atoms with Crippen LogP contribution in [0, 0.1) is 0 Å². The summed E-state index contributed by atoms with van der Waals surface area (Å²) >= 11 is 5.86. The Kier molecular flexibility index (Phi) is 5.70. The molecule has 1 aliphatic heterocycles. The van der Waals surface area contributed by atoms with Gasteiger partial charge in [-0.05, 0) is 5.56 Å². The van der Waals surface area contributed by atoms with Crippen LogP contribution in [-0.4, -0.2) is 36.3 Å². The summed E-state index contributed by atoms with van der Waals surface area (Å²) in [6, 6.07) is 10.1. The summed E-state index contributed by atoms with van der Waals surface area (Å²) < 4.78 is 5.79. The molecule has 0 aromatic heterocycles. The van der Waals surface area contributed by atoms with Crippen molar-refractivity contribution in [3.63, 3.8) is 0 Å². The van der Waals surface area contributed by atoms with Gasteiger partial charge in [-0.25, -0.2) is 0 Å². The second-order valence-corrected chi connectivity index (χ2v) is 4.57. The van der Waals surface area contributed by atoms with Crippen molar-refractivity contribution in [2.24, 2.45) is 0 Å². The molecule has 1 aromatic rings. The minimum absolute atomic E-state index is 0. The maximum absolute atomic E-state index is 9.30. The molecular weight excluding hydrogens is 261 g/mol. The van der Waals surface area contributed by atoms with E-state index in [1.54, 1.807) is 0 Å². The SMILES string of the molecule is OCC1(CCl)COC(c2ccccc2)C[NH2+]1.[Cl-]. The van der Waals surface area contributed by atoms with Crippen molar-refractivity contribution in [1.82, 2.24) is 0 Å². The molecule has 1 saturated heterocycles. The lowest BCUT2D eigenvalue weighted by Gasteiger charge is -2.35. The molecule has 0 amide bonds. The monoisotopic (exact) mass is 277 g/mol. The van der Waals surface area contributed by atoms with Gasteiger partial charge in [0, 0.05) is 0 Å². The fourth-order valence-electron chi connectivity index (χ4n) is 1.90. The fourth-order valence-corrected chi connectivity index (χ4v) is 2.17. The number of hydrogen-bond donors (Lipinski definition) is 2. The first-order chi connectivity index (χ1) is 7.79. The predicted molar refractivity (Wildman–Crippen MR) is 62.5 cm³/mol. The van der Waals surface area contributed by atoms with E-state index in [9.17, 15) is 5.11 Å². The highest BCUT2D eigenvalue weighted by molar-refractivity contribution is 6.18. The topological polar surface area (TPSA) is 46.1 Å². The van der Waals surface area contributed by atoms with Crippen LogP contribution in [0.4, 0.5) is 0 Å². The minimum Gasteiger partial charge on any atom is -1.00 e. The first kappa shape index (κ1) is 14.7. The zero-order valence-corrected chi connectivity index (χ0v) is 11.0. The number of hydrogen-bond acceptors (Lipinski definition) is 2. The van der Waals surface area contributed by atoms with Gasteiger partial charge < -0.3 is 27.6 Å². The van der Waals surface area contributed by atoms with E-state index in [1.807, 2.05) is 18.2 Å². The van der Waals surface area contributed by atoms with E-state index in [4.69, 9.17) is 16.3 Å². The lowest BCUT2D eigenvalue weighted by atomic mass is 10.00. The Morgan fingerprint density at radius 3 is 2.59 bits per heavy atom. The zero-order chi connectivity index (χ0) is 11.4. The van der Waals surface area contributed by atoms with Crippen molar-refractivity contribution in [2.75, 3.05) is 25.6 Å². The molecule has 2 unspecified atom stereocenters. The van der Waals surface area contributed by atoms with Gasteiger partial charge in [-0.3, -0.25) is 0 Å². The molecule has 0 saturated carbocycles. The fraction of sp³-hybridized carbons (Fsp3) is 0.500. The first-order valence-corrected chi connectivity index (χ1v) is 6.01. The molecule has 1 aliphatic rings. The molecule has 17 heavy (non-hydrogen) atoms. The average Bonchev–Trinajstić information content (AvgIpc) is 2.40. The van der Waals surface area contributed by atoms with Crippen molar-refractivity contribution in [3.05, 3.63) is 35.9 Å². The standard InChI is InChI=1S/C12H16ClNO2.ClH/c13-7-12(8-15)9-16-11(6-14-12)10-4-2-1-3-5-10;/h1-5,11,14-15H,6-9H2;1H. The maximum atomic E-state index is 9.30.